The number of benzene rings is 4. The van der Waals surface area contributed by atoms with E-state index >= 15 is 0 Å². The Kier molecular flexibility index (Phi) is 5.18. The van der Waals surface area contributed by atoms with Gasteiger partial charge in [0.15, 0.2) is 17.5 Å². The maximum atomic E-state index is 5.28. The van der Waals surface area contributed by atoms with Crippen LogP contribution in [0.2, 0.25) is 0 Å². The van der Waals surface area contributed by atoms with Crippen molar-refractivity contribution in [2.24, 2.45) is 9.98 Å². The average molecular weight is 495 g/mol. The number of amidine groups is 2. The van der Waals surface area contributed by atoms with Crippen molar-refractivity contribution in [3.05, 3.63) is 132 Å². The summed E-state index contributed by atoms with van der Waals surface area (Å²) in [6, 6.07) is 37.3. The van der Waals surface area contributed by atoms with Crippen LogP contribution in [0.4, 0.5) is 22.9 Å². The molecule has 7 rings (SSSR count). The maximum absolute atomic E-state index is 5.28. The van der Waals surface area contributed by atoms with Gasteiger partial charge in [-0.05, 0) is 55.8 Å². The summed E-state index contributed by atoms with van der Waals surface area (Å²) in [6.07, 6.45) is 0. The molecular formula is C32H26N6. The second-order valence-corrected chi connectivity index (χ2v) is 9.63. The average Bonchev–Trinajstić information content (AvgIpc) is 3.30. The van der Waals surface area contributed by atoms with Crippen molar-refractivity contribution in [3.8, 4) is 5.69 Å². The molecule has 3 heterocycles. The van der Waals surface area contributed by atoms with E-state index in [9.17, 15) is 0 Å². The Bertz CT molecular complexity index is 1700. The van der Waals surface area contributed by atoms with Gasteiger partial charge in [0.1, 0.15) is 0 Å². The fourth-order valence-electron chi connectivity index (χ4n) is 5.27. The highest BCUT2D eigenvalue weighted by Gasteiger charge is 2.41. The minimum atomic E-state index is -0.123. The van der Waals surface area contributed by atoms with Gasteiger partial charge in [-0.3, -0.25) is 0 Å². The molecule has 0 spiro atoms. The van der Waals surface area contributed by atoms with Crippen LogP contribution >= 0.6 is 0 Å². The van der Waals surface area contributed by atoms with Crippen LogP contribution in [0.15, 0.2) is 119 Å². The molecule has 184 valence electrons. The lowest BCUT2D eigenvalue weighted by Crippen LogP contribution is -2.46. The van der Waals surface area contributed by atoms with Crippen LogP contribution in [-0.4, -0.2) is 21.5 Å². The highest BCUT2D eigenvalue weighted by molar-refractivity contribution is 6.51. The lowest BCUT2D eigenvalue weighted by atomic mass is 9.93. The summed E-state index contributed by atoms with van der Waals surface area (Å²) in [4.78, 5) is 12.7. The molecule has 0 fully saturated rings. The van der Waals surface area contributed by atoms with Gasteiger partial charge in [0, 0.05) is 11.3 Å². The Morgan fingerprint density at radius 1 is 0.711 bits per heavy atom. The summed E-state index contributed by atoms with van der Waals surface area (Å²) in [5.41, 5.74) is 8.28. The molecule has 0 saturated heterocycles. The van der Waals surface area contributed by atoms with Crippen LogP contribution in [0, 0.1) is 13.8 Å². The summed E-state index contributed by atoms with van der Waals surface area (Å²) in [5, 5.41) is 8.56. The number of nitrogens with zero attached hydrogens (tertiary/aromatic N) is 5. The molecule has 1 aromatic heterocycles. The molecule has 6 nitrogen and oxygen atoms in total. The second-order valence-electron chi connectivity index (χ2n) is 9.63. The number of para-hydroxylation sites is 3. The van der Waals surface area contributed by atoms with Crippen LogP contribution in [0.5, 0.6) is 0 Å². The van der Waals surface area contributed by atoms with E-state index in [1.165, 1.54) is 11.1 Å². The Morgan fingerprint density at radius 2 is 1.39 bits per heavy atom. The maximum Gasteiger partial charge on any atom is 0.179 e. The van der Waals surface area contributed by atoms with Crippen molar-refractivity contribution in [2.45, 2.75) is 19.9 Å². The van der Waals surface area contributed by atoms with Gasteiger partial charge in [-0.15, -0.1) is 0 Å². The van der Waals surface area contributed by atoms with E-state index in [2.05, 4.69) is 109 Å². The molecule has 0 amide bonds. The summed E-state index contributed by atoms with van der Waals surface area (Å²) >= 11 is 0. The minimum Gasteiger partial charge on any atom is -0.337 e. The summed E-state index contributed by atoms with van der Waals surface area (Å²) in [7, 11) is 0. The highest BCUT2D eigenvalue weighted by Crippen LogP contribution is 2.48. The predicted molar refractivity (Wildman–Crippen MR) is 154 cm³/mol. The summed E-state index contributed by atoms with van der Waals surface area (Å²) in [5.74, 6) is 2.30. The molecule has 0 radical (unpaired) electrons. The number of fused-ring (bicyclic) bond motifs is 4. The monoisotopic (exact) mass is 494 g/mol. The van der Waals surface area contributed by atoms with Crippen molar-refractivity contribution in [1.29, 1.82) is 0 Å². The Labute approximate surface area is 221 Å². The first-order chi connectivity index (χ1) is 18.7. The number of rotatable bonds is 3. The third-order valence-electron chi connectivity index (χ3n) is 7.07. The minimum absolute atomic E-state index is 0.123. The van der Waals surface area contributed by atoms with E-state index in [4.69, 9.17) is 15.1 Å². The van der Waals surface area contributed by atoms with Gasteiger partial charge in [0.05, 0.1) is 28.8 Å². The van der Waals surface area contributed by atoms with Gasteiger partial charge in [-0.2, -0.15) is 5.10 Å². The van der Waals surface area contributed by atoms with E-state index in [-0.39, 0.29) is 6.04 Å². The predicted octanol–water partition coefficient (Wildman–Crippen LogP) is 7.28. The first-order valence-corrected chi connectivity index (χ1v) is 12.8. The number of hydrogen-bond donors (Lipinski definition) is 1. The van der Waals surface area contributed by atoms with Crippen molar-refractivity contribution in [1.82, 2.24) is 9.78 Å². The first-order valence-electron chi connectivity index (χ1n) is 12.8. The molecule has 0 saturated carbocycles. The molecule has 6 heteroatoms. The number of aromatic nitrogens is 2. The molecule has 0 bridgehead atoms. The topological polar surface area (TPSA) is 57.8 Å². The highest BCUT2D eigenvalue weighted by atomic mass is 15.4. The molecule has 2 aliphatic rings. The Balaban J connectivity index is 1.49. The quantitative estimate of drug-likeness (QED) is 0.287. The van der Waals surface area contributed by atoms with Crippen LogP contribution in [-0.2, 0) is 0 Å². The van der Waals surface area contributed by atoms with Gasteiger partial charge in [0.25, 0.3) is 0 Å². The van der Waals surface area contributed by atoms with Gasteiger partial charge >= 0.3 is 0 Å². The van der Waals surface area contributed by atoms with Crippen molar-refractivity contribution in [3.63, 3.8) is 0 Å². The van der Waals surface area contributed by atoms with Crippen molar-refractivity contribution in [2.75, 3.05) is 10.2 Å². The lowest BCUT2D eigenvalue weighted by Gasteiger charge is -2.40. The molecule has 2 aliphatic heterocycles. The molecule has 4 aromatic carbocycles. The molecule has 1 unspecified atom stereocenters. The van der Waals surface area contributed by atoms with Crippen LogP contribution < -0.4 is 10.2 Å². The molecular weight excluding hydrogens is 468 g/mol. The van der Waals surface area contributed by atoms with E-state index in [0.717, 1.165) is 45.7 Å². The van der Waals surface area contributed by atoms with Crippen molar-refractivity contribution >= 4 is 34.6 Å². The zero-order valence-corrected chi connectivity index (χ0v) is 21.2. The lowest BCUT2D eigenvalue weighted by molar-refractivity contribution is 0.815. The van der Waals surface area contributed by atoms with E-state index in [0.29, 0.717) is 5.84 Å². The normalized spacial score (nSPS) is 15.6. The molecule has 5 aromatic rings. The standard InChI is InChI=1S/C32H26N6/c1-21-17-19-24(20-18-21)33-30-32-35-31-28(22(2)36-38(31)25-13-7-4-8-14-25)29(23-11-5-3-6-12-23)37(32)27-16-10-9-15-26(27)34-30/h3-20,29H,1-2H3,(H,33,34). The molecule has 1 atom stereocenters. The van der Waals surface area contributed by atoms with Crippen LogP contribution in [0.1, 0.15) is 28.4 Å². The third-order valence-corrected chi connectivity index (χ3v) is 7.07. The number of hydrogen-bond acceptors (Lipinski definition) is 5. The molecule has 1 N–H and O–H groups in total. The Hall–Kier alpha value is -4.97. The van der Waals surface area contributed by atoms with Gasteiger partial charge in [-0.25, -0.2) is 14.7 Å². The zero-order valence-electron chi connectivity index (χ0n) is 21.2. The van der Waals surface area contributed by atoms with E-state index < -0.39 is 0 Å². The summed E-state index contributed by atoms with van der Waals surface area (Å²) in [6.45, 7) is 4.16. The third kappa shape index (κ3) is 3.61. The molecule has 0 aliphatic carbocycles. The van der Waals surface area contributed by atoms with E-state index in [1.54, 1.807) is 0 Å². The van der Waals surface area contributed by atoms with Crippen LogP contribution in [0.25, 0.3) is 5.69 Å². The fourth-order valence-corrected chi connectivity index (χ4v) is 5.27. The molecule has 38 heavy (non-hydrogen) atoms. The SMILES string of the molecule is Cc1ccc(NC2=Nc3ccccc3N3C2=Nc2c(c(C)nn2-c2ccccc2)C3c2ccccc2)cc1. The summed E-state index contributed by atoms with van der Waals surface area (Å²) < 4.78 is 1.95. The van der Waals surface area contributed by atoms with Gasteiger partial charge in [-0.1, -0.05) is 78.4 Å². The first kappa shape index (κ1) is 22.2. The number of aryl methyl sites for hydroxylation is 2. The van der Waals surface area contributed by atoms with Crippen LogP contribution in [0.3, 0.4) is 0 Å². The zero-order chi connectivity index (χ0) is 25.6. The smallest absolute Gasteiger partial charge is 0.179 e. The number of anilines is 2. The number of nitrogens with one attached hydrogen (secondary N) is 1. The van der Waals surface area contributed by atoms with Gasteiger partial charge in [0.2, 0.25) is 0 Å². The largest absolute Gasteiger partial charge is 0.337 e. The van der Waals surface area contributed by atoms with E-state index in [1.807, 2.05) is 28.9 Å². The Morgan fingerprint density at radius 3 is 2.16 bits per heavy atom. The van der Waals surface area contributed by atoms with Gasteiger partial charge < -0.3 is 10.2 Å². The number of aliphatic imine (C=N–C) groups is 2. The van der Waals surface area contributed by atoms with Crippen molar-refractivity contribution < 1.29 is 0 Å². The second kappa shape index (κ2) is 8.85. The fraction of sp³-hybridized carbons (Fsp3) is 0.0938.